The molecule has 170 valence electrons. The number of fused-ring (bicyclic) bond motifs is 2. The van der Waals surface area contributed by atoms with Crippen molar-refractivity contribution in [2.45, 2.75) is 60.4 Å². The maximum atomic E-state index is 10.9. The third-order valence-corrected chi connectivity index (χ3v) is 6.07. The Bertz CT molecular complexity index is 996. The van der Waals surface area contributed by atoms with E-state index in [1.165, 1.54) is 17.7 Å². The zero-order valence-electron chi connectivity index (χ0n) is 18.7. The second-order valence-corrected chi connectivity index (χ2v) is 9.34. The van der Waals surface area contributed by atoms with Crippen molar-refractivity contribution in [1.82, 2.24) is 20.5 Å². The molecule has 2 aromatic heterocycles. The van der Waals surface area contributed by atoms with Gasteiger partial charge in [0.1, 0.15) is 12.0 Å². The van der Waals surface area contributed by atoms with Gasteiger partial charge in [-0.05, 0) is 49.8 Å². The van der Waals surface area contributed by atoms with Gasteiger partial charge in [0, 0.05) is 33.8 Å². The van der Waals surface area contributed by atoms with Crippen LogP contribution in [0.5, 0.6) is 0 Å². The summed E-state index contributed by atoms with van der Waals surface area (Å²) in [5, 5.41) is 20.5. The Morgan fingerprint density at radius 2 is 2.03 bits per heavy atom. The van der Waals surface area contributed by atoms with Crippen molar-refractivity contribution in [2.24, 2.45) is 11.3 Å². The molecule has 0 radical (unpaired) electrons. The molecule has 0 fully saturated rings. The molecule has 4 N–H and O–H groups in total. The molecule has 0 spiro atoms. The topological polar surface area (TPSA) is 93.8 Å². The molecule has 1 unspecified atom stereocenters. The van der Waals surface area contributed by atoms with Gasteiger partial charge in [0.05, 0.1) is 12.3 Å². The minimum atomic E-state index is 0. The number of likely N-dealkylation sites (N-methyl/N-ethyl adjacent to an activating group) is 1. The molecule has 6 heteroatoms. The smallest absolute Gasteiger partial charge is 0.150 e. The number of aromatic nitrogens is 3. The first-order chi connectivity index (χ1) is 14.3. The lowest BCUT2D eigenvalue weighted by atomic mass is 9.76. The molecule has 2 heterocycles. The molecule has 0 bridgehead atoms. The lowest BCUT2D eigenvalue weighted by Gasteiger charge is -2.28. The van der Waals surface area contributed by atoms with Crippen LogP contribution in [0.4, 0.5) is 0 Å². The predicted octanol–water partition coefficient (Wildman–Crippen LogP) is 4.74. The van der Waals surface area contributed by atoms with Crippen molar-refractivity contribution in [3.8, 4) is 11.4 Å². The fourth-order valence-electron chi connectivity index (χ4n) is 4.05. The van der Waals surface area contributed by atoms with E-state index >= 15 is 0 Å². The number of carbonyl (C=O) groups excluding carboxylic acids is 1. The van der Waals surface area contributed by atoms with Crippen LogP contribution in [0.1, 0.15) is 63.2 Å². The van der Waals surface area contributed by atoms with E-state index in [0.29, 0.717) is 16.9 Å². The zero-order chi connectivity index (χ0) is 21.9. The molecular weight excluding hydrogens is 388 g/mol. The van der Waals surface area contributed by atoms with Crippen LogP contribution < -0.4 is 5.32 Å². The summed E-state index contributed by atoms with van der Waals surface area (Å²) in [5.74, 6) is 0.519. The fourth-order valence-corrected chi connectivity index (χ4v) is 4.05. The fraction of sp³-hybridized carbons (Fsp3) is 0.520. The van der Waals surface area contributed by atoms with Crippen LogP contribution in [-0.4, -0.2) is 46.3 Å². The molecule has 0 saturated heterocycles. The highest BCUT2D eigenvalue weighted by Crippen LogP contribution is 2.38. The summed E-state index contributed by atoms with van der Waals surface area (Å²) in [6, 6.07) is 8.07. The van der Waals surface area contributed by atoms with Gasteiger partial charge in [0.2, 0.25) is 0 Å². The van der Waals surface area contributed by atoms with Crippen molar-refractivity contribution in [1.29, 1.82) is 0 Å². The second-order valence-electron chi connectivity index (χ2n) is 9.34. The summed E-state index contributed by atoms with van der Waals surface area (Å²) in [6.45, 7) is 9.00. The summed E-state index contributed by atoms with van der Waals surface area (Å²) in [4.78, 5) is 14.3. The normalized spacial score (nSPS) is 15.6. The van der Waals surface area contributed by atoms with E-state index in [-0.39, 0.29) is 20.1 Å². The Labute approximate surface area is 185 Å². The molecule has 0 amide bonds. The summed E-state index contributed by atoms with van der Waals surface area (Å²) in [7, 11) is 1.86. The van der Waals surface area contributed by atoms with Gasteiger partial charge in [-0.3, -0.25) is 9.89 Å². The highest BCUT2D eigenvalue weighted by atomic mass is 16.3. The number of aliphatic hydroxyl groups is 1. The van der Waals surface area contributed by atoms with Crippen LogP contribution in [0.2, 0.25) is 0 Å². The SMILES string of the molecule is C.CC1(C)CCc2c(-c3cc4ccc(C=O)cc4[nH]3)n[nH]c2C1.CNC(CO)C(C)C. The minimum absolute atomic E-state index is 0. The van der Waals surface area contributed by atoms with Crippen molar-refractivity contribution in [3.05, 3.63) is 41.1 Å². The zero-order valence-corrected chi connectivity index (χ0v) is 18.7. The summed E-state index contributed by atoms with van der Waals surface area (Å²) in [5.41, 5.74) is 6.65. The maximum absolute atomic E-state index is 10.9. The lowest BCUT2D eigenvalue weighted by Crippen LogP contribution is -2.33. The van der Waals surface area contributed by atoms with Crippen LogP contribution in [-0.2, 0) is 12.8 Å². The van der Waals surface area contributed by atoms with E-state index in [4.69, 9.17) is 5.11 Å². The molecule has 1 aromatic carbocycles. The van der Waals surface area contributed by atoms with Crippen LogP contribution in [0.15, 0.2) is 24.3 Å². The number of rotatable bonds is 5. The number of nitrogens with one attached hydrogen (secondary N) is 3. The third-order valence-electron chi connectivity index (χ3n) is 6.07. The number of carbonyl (C=O) groups is 1. The summed E-state index contributed by atoms with van der Waals surface area (Å²) < 4.78 is 0. The van der Waals surface area contributed by atoms with E-state index in [2.05, 4.69) is 54.3 Å². The first kappa shape index (κ1) is 24.8. The summed E-state index contributed by atoms with van der Waals surface area (Å²) >= 11 is 0. The molecule has 1 aliphatic carbocycles. The monoisotopic (exact) mass is 426 g/mol. The molecule has 6 nitrogen and oxygen atoms in total. The second kappa shape index (κ2) is 10.2. The minimum Gasteiger partial charge on any atom is -0.395 e. The molecule has 4 rings (SSSR count). The van der Waals surface area contributed by atoms with Crippen LogP contribution in [0.25, 0.3) is 22.3 Å². The van der Waals surface area contributed by atoms with E-state index in [9.17, 15) is 4.79 Å². The lowest BCUT2D eigenvalue weighted by molar-refractivity contribution is 0.112. The Kier molecular flexibility index (Phi) is 8.21. The standard InChI is InChI=1S/C18H19N3O.C6H15NO.CH4/c1-18(2)6-5-13-16(9-18)20-21-17(13)15-8-12-4-3-11(10-22)7-14(12)19-15;1-5(2)6(4-8)7-3;/h3-4,7-8,10,19H,5-6,9H2,1-2H3,(H,20,21);5-8H,4H2,1-3H3;1H4. The average molecular weight is 427 g/mol. The van der Waals surface area contributed by atoms with E-state index in [1.807, 2.05) is 25.2 Å². The predicted molar refractivity (Wildman–Crippen MR) is 129 cm³/mol. The van der Waals surface area contributed by atoms with Crippen molar-refractivity contribution in [3.63, 3.8) is 0 Å². The Balaban J connectivity index is 0.000000329. The number of aromatic amines is 2. The Hall–Kier alpha value is -2.44. The molecule has 1 aliphatic rings. The van der Waals surface area contributed by atoms with Gasteiger partial charge >= 0.3 is 0 Å². The van der Waals surface area contributed by atoms with Crippen LogP contribution >= 0.6 is 0 Å². The van der Waals surface area contributed by atoms with Crippen molar-refractivity contribution in [2.75, 3.05) is 13.7 Å². The van der Waals surface area contributed by atoms with Crippen LogP contribution in [0, 0.1) is 11.3 Å². The van der Waals surface area contributed by atoms with Crippen LogP contribution in [0.3, 0.4) is 0 Å². The molecular formula is C25H38N4O2. The van der Waals surface area contributed by atoms with E-state index in [0.717, 1.165) is 41.4 Å². The van der Waals surface area contributed by atoms with Gasteiger partial charge in [-0.2, -0.15) is 5.10 Å². The first-order valence-electron chi connectivity index (χ1n) is 10.7. The van der Waals surface area contributed by atoms with E-state index < -0.39 is 0 Å². The number of aliphatic hydroxyl groups excluding tert-OH is 1. The van der Waals surface area contributed by atoms with Gasteiger partial charge in [-0.25, -0.2) is 0 Å². The number of hydrogen-bond donors (Lipinski definition) is 4. The Morgan fingerprint density at radius 3 is 2.61 bits per heavy atom. The van der Waals surface area contributed by atoms with Crippen molar-refractivity contribution >= 4 is 17.2 Å². The highest BCUT2D eigenvalue weighted by Gasteiger charge is 2.29. The molecule has 3 aromatic rings. The van der Waals surface area contributed by atoms with Crippen molar-refractivity contribution < 1.29 is 9.90 Å². The number of benzene rings is 1. The first-order valence-corrected chi connectivity index (χ1v) is 10.7. The molecule has 31 heavy (non-hydrogen) atoms. The van der Waals surface area contributed by atoms with Gasteiger partial charge in [-0.1, -0.05) is 47.3 Å². The van der Waals surface area contributed by atoms with Gasteiger partial charge in [0.25, 0.3) is 0 Å². The van der Waals surface area contributed by atoms with Gasteiger partial charge < -0.3 is 15.4 Å². The number of H-pyrrole nitrogens is 2. The average Bonchev–Trinajstić information content (AvgIpc) is 3.30. The summed E-state index contributed by atoms with van der Waals surface area (Å²) in [6.07, 6.45) is 4.16. The van der Waals surface area contributed by atoms with Gasteiger partial charge in [-0.15, -0.1) is 0 Å². The third kappa shape index (κ3) is 5.63. The number of aldehydes is 1. The van der Waals surface area contributed by atoms with Gasteiger partial charge in [0.15, 0.2) is 0 Å². The maximum Gasteiger partial charge on any atom is 0.150 e. The molecule has 1 atom stereocenters. The largest absolute Gasteiger partial charge is 0.395 e. The molecule has 0 aliphatic heterocycles. The highest BCUT2D eigenvalue weighted by molar-refractivity contribution is 5.90. The quantitative estimate of drug-likeness (QED) is 0.443. The Morgan fingerprint density at radius 1 is 1.29 bits per heavy atom. The van der Waals surface area contributed by atoms with E-state index in [1.54, 1.807) is 0 Å². The molecule has 0 saturated carbocycles. The number of nitrogens with zero attached hydrogens (tertiary/aromatic N) is 1. The number of hydrogen-bond acceptors (Lipinski definition) is 4.